The Morgan fingerprint density at radius 1 is 1.08 bits per heavy atom. The fraction of sp³-hybridized carbons (Fsp3) is 0.524. The van der Waals surface area contributed by atoms with Crippen LogP contribution >= 0.6 is 0 Å². The van der Waals surface area contributed by atoms with E-state index >= 15 is 0 Å². The number of carboxylic acid groups (broad SMARTS) is 1. The van der Waals surface area contributed by atoms with Gasteiger partial charge < -0.3 is 10.4 Å². The molecule has 2 N–H and O–H groups in total. The van der Waals surface area contributed by atoms with E-state index in [1.807, 2.05) is 30.3 Å². The van der Waals surface area contributed by atoms with E-state index in [-0.39, 0.29) is 5.91 Å². The Bertz CT molecular complexity index is 539. The molecule has 1 amide bonds. The standard InChI is InChI=1S/C21H31NO3/c1-3-5-6-7-8-12-16-22-20(23)19(17-14-10-9-11-15-17)18(13-4-2)21(24)25/h4,9-11,13-15,18-19H,3,5-8,12,16H2,1-2H3,(H,22,23)(H,24,25)/b13-4-. The molecule has 0 saturated carbocycles. The first-order valence-electron chi connectivity index (χ1n) is 9.30. The van der Waals surface area contributed by atoms with Gasteiger partial charge in [0.05, 0.1) is 11.8 Å². The molecule has 2 atom stereocenters. The lowest BCUT2D eigenvalue weighted by atomic mass is 9.84. The topological polar surface area (TPSA) is 66.4 Å². The molecule has 25 heavy (non-hydrogen) atoms. The number of allylic oxidation sites excluding steroid dienone is 1. The van der Waals surface area contributed by atoms with Gasteiger partial charge in [-0.25, -0.2) is 0 Å². The van der Waals surface area contributed by atoms with Crippen LogP contribution in [-0.4, -0.2) is 23.5 Å². The highest BCUT2D eigenvalue weighted by Crippen LogP contribution is 2.27. The van der Waals surface area contributed by atoms with Crippen LogP contribution in [-0.2, 0) is 9.59 Å². The summed E-state index contributed by atoms with van der Waals surface area (Å²) in [6.45, 7) is 4.55. The van der Waals surface area contributed by atoms with Crippen molar-refractivity contribution in [1.82, 2.24) is 5.32 Å². The Morgan fingerprint density at radius 2 is 1.72 bits per heavy atom. The van der Waals surface area contributed by atoms with Crippen LogP contribution in [0.3, 0.4) is 0 Å². The molecule has 0 bridgehead atoms. The summed E-state index contributed by atoms with van der Waals surface area (Å²) in [6, 6.07) is 9.15. The number of aliphatic carboxylic acids is 1. The number of carbonyl (C=O) groups is 2. The van der Waals surface area contributed by atoms with E-state index in [0.29, 0.717) is 6.54 Å². The van der Waals surface area contributed by atoms with Gasteiger partial charge in [-0.1, -0.05) is 81.5 Å². The average molecular weight is 345 g/mol. The van der Waals surface area contributed by atoms with Crippen molar-refractivity contribution in [2.75, 3.05) is 6.54 Å². The zero-order valence-electron chi connectivity index (χ0n) is 15.4. The van der Waals surface area contributed by atoms with E-state index in [2.05, 4.69) is 12.2 Å². The first-order chi connectivity index (χ1) is 12.1. The second kappa shape index (κ2) is 12.3. The smallest absolute Gasteiger partial charge is 0.311 e. The maximum Gasteiger partial charge on any atom is 0.311 e. The van der Waals surface area contributed by atoms with E-state index < -0.39 is 17.8 Å². The Morgan fingerprint density at radius 3 is 2.32 bits per heavy atom. The SMILES string of the molecule is C/C=C\C(C(=O)O)C(C(=O)NCCCCCCCC)c1ccccc1. The van der Waals surface area contributed by atoms with Crippen LogP contribution in [0.5, 0.6) is 0 Å². The first-order valence-corrected chi connectivity index (χ1v) is 9.30. The number of nitrogens with one attached hydrogen (secondary N) is 1. The molecule has 0 aliphatic carbocycles. The molecule has 0 fully saturated rings. The molecule has 0 radical (unpaired) electrons. The second-order valence-electron chi connectivity index (χ2n) is 6.34. The fourth-order valence-corrected chi connectivity index (χ4v) is 2.95. The molecular weight excluding hydrogens is 314 g/mol. The molecule has 4 heteroatoms. The monoisotopic (exact) mass is 345 g/mol. The number of rotatable bonds is 12. The Kier molecular flexibility index (Phi) is 10.3. The van der Waals surface area contributed by atoms with Crippen LogP contribution in [0, 0.1) is 5.92 Å². The Labute approximate surface area is 151 Å². The van der Waals surface area contributed by atoms with E-state index in [1.54, 1.807) is 19.1 Å². The van der Waals surface area contributed by atoms with Gasteiger partial charge in [0.1, 0.15) is 0 Å². The van der Waals surface area contributed by atoms with Crippen LogP contribution < -0.4 is 5.32 Å². The van der Waals surface area contributed by atoms with Gasteiger partial charge in [-0.15, -0.1) is 0 Å². The number of hydrogen-bond acceptors (Lipinski definition) is 2. The predicted octanol–water partition coefficient (Wildman–Crippen LogP) is 4.52. The van der Waals surface area contributed by atoms with Crippen molar-refractivity contribution >= 4 is 11.9 Å². The minimum atomic E-state index is -0.985. The summed E-state index contributed by atoms with van der Waals surface area (Å²) in [5, 5.41) is 12.5. The maximum atomic E-state index is 12.7. The van der Waals surface area contributed by atoms with Gasteiger partial charge >= 0.3 is 5.97 Å². The molecule has 138 valence electrons. The highest BCUT2D eigenvalue weighted by atomic mass is 16.4. The van der Waals surface area contributed by atoms with Gasteiger partial charge in [0.15, 0.2) is 0 Å². The number of amides is 1. The summed E-state index contributed by atoms with van der Waals surface area (Å²) in [7, 11) is 0. The van der Waals surface area contributed by atoms with Crippen LogP contribution in [0.25, 0.3) is 0 Å². The van der Waals surface area contributed by atoms with E-state index in [9.17, 15) is 14.7 Å². The lowest BCUT2D eigenvalue weighted by Gasteiger charge is -2.21. The summed E-state index contributed by atoms with van der Waals surface area (Å²) in [6.07, 6.45) is 10.2. The molecule has 1 rings (SSSR count). The fourth-order valence-electron chi connectivity index (χ4n) is 2.95. The van der Waals surface area contributed by atoms with Crippen LogP contribution in [0.2, 0.25) is 0 Å². The van der Waals surface area contributed by atoms with Gasteiger partial charge in [0, 0.05) is 6.54 Å². The summed E-state index contributed by atoms with van der Waals surface area (Å²) in [5.41, 5.74) is 0.730. The molecule has 0 aromatic heterocycles. The minimum absolute atomic E-state index is 0.217. The van der Waals surface area contributed by atoms with E-state index in [0.717, 1.165) is 18.4 Å². The third-order valence-electron chi connectivity index (χ3n) is 4.31. The van der Waals surface area contributed by atoms with Crippen LogP contribution in [0.1, 0.15) is 63.9 Å². The highest BCUT2D eigenvalue weighted by molar-refractivity contribution is 5.90. The van der Waals surface area contributed by atoms with E-state index in [4.69, 9.17) is 0 Å². The van der Waals surface area contributed by atoms with Gasteiger partial charge in [-0.3, -0.25) is 9.59 Å². The molecule has 0 heterocycles. The molecule has 0 aliphatic heterocycles. The number of carboxylic acids is 1. The molecule has 2 unspecified atom stereocenters. The van der Waals surface area contributed by atoms with Crippen molar-refractivity contribution in [3.63, 3.8) is 0 Å². The van der Waals surface area contributed by atoms with Crippen molar-refractivity contribution in [1.29, 1.82) is 0 Å². The maximum absolute atomic E-state index is 12.7. The summed E-state index contributed by atoms with van der Waals surface area (Å²) in [4.78, 5) is 24.3. The van der Waals surface area contributed by atoms with Crippen LogP contribution in [0.15, 0.2) is 42.5 Å². The van der Waals surface area contributed by atoms with Gasteiger partial charge in [-0.05, 0) is 18.9 Å². The van der Waals surface area contributed by atoms with Crippen molar-refractivity contribution in [3.05, 3.63) is 48.0 Å². The number of benzene rings is 1. The molecule has 1 aromatic carbocycles. The van der Waals surface area contributed by atoms with Crippen LogP contribution in [0.4, 0.5) is 0 Å². The summed E-state index contributed by atoms with van der Waals surface area (Å²) in [5.74, 6) is -2.78. The van der Waals surface area contributed by atoms with Crippen molar-refractivity contribution in [2.24, 2.45) is 5.92 Å². The second-order valence-corrected chi connectivity index (χ2v) is 6.34. The minimum Gasteiger partial charge on any atom is -0.481 e. The largest absolute Gasteiger partial charge is 0.481 e. The van der Waals surface area contributed by atoms with Gasteiger partial charge in [-0.2, -0.15) is 0 Å². The number of unbranched alkanes of at least 4 members (excludes halogenated alkanes) is 5. The average Bonchev–Trinajstić information content (AvgIpc) is 2.61. The Hall–Kier alpha value is -2.10. The lowest BCUT2D eigenvalue weighted by Crippen LogP contribution is -2.36. The molecule has 1 aromatic rings. The third kappa shape index (κ3) is 7.55. The predicted molar refractivity (Wildman–Crippen MR) is 102 cm³/mol. The number of carbonyl (C=O) groups excluding carboxylic acids is 1. The molecule has 0 saturated heterocycles. The third-order valence-corrected chi connectivity index (χ3v) is 4.31. The van der Waals surface area contributed by atoms with Crippen molar-refractivity contribution in [3.8, 4) is 0 Å². The number of hydrogen-bond donors (Lipinski definition) is 2. The normalized spacial score (nSPS) is 13.5. The quantitative estimate of drug-likeness (QED) is 0.432. The van der Waals surface area contributed by atoms with Gasteiger partial charge in [0.25, 0.3) is 0 Å². The Balaban J connectivity index is 2.69. The van der Waals surface area contributed by atoms with E-state index in [1.165, 1.54) is 25.7 Å². The van der Waals surface area contributed by atoms with Crippen molar-refractivity contribution < 1.29 is 14.7 Å². The van der Waals surface area contributed by atoms with Crippen molar-refractivity contribution in [2.45, 2.75) is 58.3 Å². The summed E-state index contributed by atoms with van der Waals surface area (Å²) < 4.78 is 0. The summed E-state index contributed by atoms with van der Waals surface area (Å²) >= 11 is 0. The molecular formula is C21H31NO3. The zero-order valence-corrected chi connectivity index (χ0v) is 15.4. The molecule has 4 nitrogen and oxygen atoms in total. The lowest BCUT2D eigenvalue weighted by molar-refractivity contribution is -0.143. The van der Waals surface area contributed by atoms with Gasteiger partial charge in [0.2, 0.25) is 5.91 Å². The molecule has 0 spiro atoms. The molecule has 0 aliphatic rings. The first kappa shape index (κ1) is 20.9. The highest BCUT2D eigenvalue weighted by Gasteiger charge is 2.32. The zero-order chi connectivity index (χ0) is 18.5.